The molecule has 0 bridgehead atoms. The minimum Gasteiger partial charge on any atom is -0.370 e. The molecule has 1 fully saturated rings. The fourth-order valence-electron chi connectivity index (χ4n) is 1.98. The van der Waals surface area contributed by atoms with E-state index in [1.54, 1.807) is 0 Å². The number of rotatable bonds is 3. The lowest BCUT2D eigenvalue weighted by atomic mass is 10.2. The van der Waals surface area contributed by atoms with Gasteiger partial charge < -0.3 is 15.0 Å². The van der Waals surface area contributed by atoms with E-state index >= 15 is 0 Å². The molecule has 0 radical (unpaired) electrons. The van der Waals surface area contributed by atoms with Crippen molar-refractivity contribution >= 4 is 11.3 Å². The van der Waals surface area contributed by atoms with Crippen LogP contribution in [0.15, 0.2) is 4.52 Å². The van der Waals surface area contributed by atoms with Gasteiger partial charge in [0.1, 0.15) is 16.0 Å². The fraction of sp³-hybridized carbons (Fsp3) is 0.545. The van der Waals surface area contributed by atoms with Gasteiger partial charge in [-0.15, -0.1) is 11.3 Å². The SMILES string of the molecule is Cc1nc(CN)sc1-c1nc(C2CCCO2)no1. The number of aryl methyl sites for hydroxylation is 1. The van der Waals surface area contributed by atoms with Crippen LogP contribution < -0.4 is 5.73 Å². The molecule has 1 aliphatic heterocycles. The third-order valence-corrected chi connectivity index (χ3v) is 4.04. The summed E-state index contributed by atoms with van der Waals surface area (Å²) in [6, 6.07) is 0. The Labute approximate surface area is 108 Å². The van der Waals surface area contributed by atoms with Gasteiger partial charge in [0.2, 0.25) is 5.82 Å². The standard InChI is InChI=1S/C11H14N4O2S/c1-6-9(18-8(5-12)13-6)11-14-10(15-17-11)7-3-2-4-16-7/h7H,2-5,12H2,1H3. The van der Waals surface area contributed by atoms with Gasteiger partial charge in [-0.1, -0.05) is 5.16 Å². The quantitative estimate of drug-likeness (QED) is 0.911. The molecule has 0 aliphatic carbocycles. The van der Waals surface area contributed by atoms with Crippen molar-refractivity contribution in [2.45, 2.75) is 32.4 Å². The summed E-state index contributed by atoms with van der Waals surface area (Å²) in [6.45, 7) is 3.12. The number of nitrogens with two attached hydrogens (primary N) is 1. The summed E-state index contributed by atoms with van der Waals surface area (Å²) in [7, 11) is 0. The number of aromatic nitrogens is 3. The Morgan fingerprint density at radius 1 is 1.44 bits per heavy atom. The van der Waals surface area contributed by atoms with E-state index in [4.69, 9.17) is 15.0 Å². The average molecular weight is 266 g/mol. The van der Waals surface area contributed by atoms with Crippen molar-refractivity contribution in [1.29, 1.82) is 0 Å². The molecule has 96 valence electrons. The molecule has 6 nitrogen and oxygen atoms in total. The molecule has 1 saturated heterocycles. The third kappa shape index (κ3) is 2.05. The molecule has 18 heavy (non-hydrogen) atoms. The topological polar surface area (TPSA) is 87.1 Å². The Morgan fingerprint density at radius 3 is 3.00 bits per heavy atom. The average Bonchev–Trinajstić information content (AvgIpc) is 3.08. The summed E-state index contributed by atoms with van der Waals surface area (Å²) in [6.07, 6.45) is 1.98. The van der Waals surface area contributed by atoms with Crippen LogP contribution in [-0.4, -0.2) is 21.7 Å². The summed E-state index contributed by atoms with van der Waals surface area (Å²) in [5.41, 5.74) is 6.45. The predicted octanol–water partition coefficient (Wildman–Crippen LogP) is 1.81. The van der Waals surface area contributed by atoms with Crippen molar-refractivity contribution in [3.63, 3.8) is 0 Å². The molecule has 1 aliphatic rings. The van der Waals surface area contributed by atoms with Crippen LogP contribution in [0.4, 0.5) is 0 Å². The van der Waals surface area contributed by atoms with Gasteiger partial charge in [-0.25, -0.2) is 4.98 Å². The van der Waals surface area contributed by atoms with Gasteiger partial charge in [0.15, 0.2) is 0 Å². The highest BCUT2D eigenvalue weighted by molar-refractivity contribution is 7.15. The summed E-state index contributed by atoms with van der Waals surface area (Å²) in [5, 5.41) is 4.86. The number of hydrogen-bond donors (Lipinski definition) is 1. The lowest BCUT2D eigenvalue weighted by Gasteiger charge is -2.00. The molecule has 1 atom stereocenters. The molecule has 7 heteroatoms. The molecule has 2 N–H and O–H groups in total. The molecule has 2 aromatic rings. The van der Waals surface area contributed by atoms with Crippen LogP contribution >= 0.6 is 11.3 Å². The van der Waals surface area contributed by atoms with Gasteiger partial charge in [0, 0.05) is 13.2 Å². The first-order valence-electron chi connectivity index (χ1n) is 5.90. The molecule has 3 rings (SSSR count). The van der Waals surface area contributed by atoms with E-state index in [1.165, 1.54) is 11.3 Å². The van der Waals surface area contributed by atoms with Gasteiger partial charge in [0.05, 0.1) is 5.69 Å². The molecule has 0 aromatic carbocycles. The van der Waals surface area contributed by atoms with Gasteiger partial charge in [-0.2, -0.15) is 4.98 Å². The number of nitrogens with zero attached hydrogens (tertiary/aromatic N) is 3. The van der Waals surface area contributed by atoms with E-state index in [9.17, 15) is 0 Å². The van der Waals surface area contributed by atoms with Crippen molar-refractivity contribution in [1.82, 2.24) is 15.1 Å². The van der Waals surface area contributed by atoms with Crippen LogP contribution in [-0.2, 0) is 11.3 Å². The zero-order valence-electron chi connectivity index (χ0n) is 10.0. The van der Waals surface area contributed by atoms with Crippen LogP contribution in [0.25, 0.3) is 10.8 Å². The first kappa shape index (κ1) is 11.8. The maximum absolute atomic E-state index is 5.58. The van der Waals surface area contributed by atoms with E-state index in [1.807, 2.05) is 6.92 Å². The smallest absolute Gasteiger partial charge is 0.270 e. The van der Waals surface area contributed by atoms with Gasteiger partial charge in [0.25, 0.3) is 5.89 Å². The Morgan fingerprint density at radius 2 is 2.33 bits per heavy atom. The van der Waals surface area contributed by atoms with Crippen LogP contribution in [0.1, 0.15) is 35.5 Å². The molecule has 1 unspecified atom stereocenters. The molecule has 0 spiro atoms. The van der Waals surface area contributed by atoms with E-state index < -0.39 is 0 Å². The van der Waals surface area contributed by atoms with Gasteiger partial charge in [-0.3, -0.25) is 0 Å². The summed E-state index contributed by atoms with van der Waals surface area (Å²) < 4.78 is 10.8. The van der Waals surface area contributed by atoms with Crippen LogP contribution in [0.5, 0.6) is 0 Å². The highest BCUT2D eigenvalue weighted by atomic mass is 32.1. The van der Waals surface area contributed by atoms with Crippen molar-refractivity contribution in [2.24, 2.45) is 5.73 Å². The summed E-state index contributed by atoms with van der Waals surface area (Å²) in [5.74, 6) is 1.14. The third-order valence-electron chi connectivity index (χ3n) is 2.87. The van der Waals surface area contributed by atoms with Crippen LogP contribution in [0.3, 0.4) is 0 Å². The van der Waals surface area contributed by atoms with E-state index in [-0.39, 0.29) is 6.10 Å². The highest BCUT2D eigenvalue weighted by Gasteiger charge is 2.24. The van der Waals surface area contributed by atoms with Crippen LogP contribution in [0.2, 0.25) is 0 Å². The summed E-state index contributed by atoms with van der Waals surface area (Å²) in [4.78, 5) is 9.64. The number of hydrogen-bond acceptors (Lipinski definition) is 7. The first-order valence-corrected chi connectivity index (χ1v) is 6.71. The zero-order valence-corrected chi connectivity index (χ0v) is 10.9. The summed E-state index contributed by atoms with van der Waals surface area (Å²) >= 11 is 1.50. The molecule has 0 saturated carbocycles. The van der Waals surface area contributed by atoms with E-state index in [0.29, 0.717) is 18.3 Å². The van der Waals surface area contributed by atoms with E-state index in [0.717, 1.165) is 35.0 Å². The monoisotopic (exact) mass is 266 g/mol. The highest BCUT2D eigenvalue weighted by Crippen LogP contribution is 2.31. The lowest BCUT2D eigenvalue weighted by Crippen LogP contribution is -1.97. The van der Waals surface area contributed by atoms with Gasteiger partial charge in [-0.05, 0) is 19.8 Å². The molecule has 2 aromatic heterocycles. The Bertz CT molecular complexity index is 545. The minimum atomic E-state index is -0.0234. The first-order chi connectivity index (χ1) is 8.78. The molecular weight excluding hydrogens is 252 g/mol. The normalized spacial score (nSPS) is 19.6. The number of ether oxygens (including phenoxy) is 1. The molecular formula is C11H14N4O2S. The van der Waals surface area contributed by atoms with Gasteiger partial charge >= 0.3 is 0 Å². The van der Waals surface area contributed by atoms with Crippen molar-refractivity contribution in [3.8, 4) is 10.8 Å². The van der Waals surface area contributed by atoms with Crippen molar-refractivity contribution < 1.29 is 9.26 Å². The van der Waals surface area contributed by atoms with E-state index in [2.05, 4.69) is 15.1 Å². The predicted molar refractivity (Wildman–Crippen MR) is 66.0 cm³/mol. The maximum atomic E-state index is 5.58. The van der Waals surface area contributed by atoms with Crippen molar-refractivity contribution in [3.05, 3.63) is 16.5 Å². The minimum absolute atomic E-state index is 0.0234. The largest absolute Gasteiger partial charge is 0.370 e. The number of thiazole rings is 1. The second kappa shape index (κ2) is 4.75. The Hall–Kier alpha value is -1.31. The Kier molecular flexibility index (Phi) is 3.11. The second-order valence-electron chi connectivity index (χ2n) is 4.19. The molecule has 3 heterocycles. The maximum Gasteiger partial charge on any atom is 0.270 e. The van der Waals surface area contributed by atoms with Crippen LogP contribution in [0, 0.1) is 6.92 Å². The lowest BCUT2D eigenvalue weighted by molar-refractivity contribution is 0.103. The molecule has 0 amide bonds. The fourth-order valence-corrected chi connectivity index (χ4v) is 2.84. The zero-order chi connectivity index (χ0) is 12.5. The Balaban J connectivity index is 1.89. The second-order valence-corrected chi connectivity index (χ2v) is 5.27. The van der Waals surface area contributed by atoms with Crippen molar-refractivity contribution in [2.75, 3.05) is 6.61 Å².